The highest BCUT2D eigenvalue weighted by Crippen LogP contribution is 2.22. The van der Waals surface area contributed by atoms with Gasteiger partial charge in [-0.2, -0.15) is 0 Å². The molecule has 1 atom stereocenters. The van der Waals surface area contributed by atoms with Gasteiger partial charge in [0.15, 0.2) is 0 Å². The molecule has 52 heavy (non-hydrogen) atoms. The highest BCUT2D eigenvalue weighted by atomic mass is 16.5. The lowest BCUT2D eigenvalue weighted by Gasteiger charge is -2.22. The minimum atomic E-state index is -0.833. The van der Waals surface area contributed by atoms with Gasteiger partial charge in [0.05, 0.1) is 32.5 Å². The molecule has 15 heteroatoms. The molecule has 0 heterocycles. The molecule has 1 fully saturated rings. The second kappa shape index (κ2) is 30.4. The first-order valence-electron chi connectivity index (χ1n) is 17.5. The molecule has 0 radical (unpaired) electrons. The Labute approximate surface area is 306 Å². The minimum Gasteiger partial charge on any atom is -0.508 e. The topological polar surface area (TPSA) is 244 Å². The fraction of sp³-hybridized carbons (Fsp3) is 0.568. The summed E-state index contributed by atoms with van der Waals surface area (Å²) in [4.78, 5) is 39.3. The van der Waals surface area contributed by atoms with E-state index in [1.807, 2.05) is 24.3 Å². The van der Waals surface area contributed by atoms with E-state index in [-0.39, 0.29) is 24.4 Å². The normalized spacial score (nSPS) is 12.7. The number of aliphatic carboxylic acids is 3. The van der Waals surface area contributed by atoms with Crippen LogP contribution in [0.1, 0.15) is 101 Å². The lowest BCUT2D eigenvalue weighted by atomic mass is 9.96. The van der Waals surface area contributed by atoms with Crippen molar-refractivity contribution in [1.29, 1.82) is 0 Å². The number of rotatable bonds is 18. The number of hydrogen-bond donors (Lipinski definition) is 9. The number of anilines is 1. The number of aromatic hydroxyl groups is 1. The summed E-state index contributed by atoms with van der Waals surface area (Å²) in [6, 6.07) is 12.7. The Balaban J connectivity index is 0.00000188. The van der Waals surface area contributed by atoms with Gasteiger partial charge in [-0.3, -0.25) is 14.4 Å². The maximum Gasteiger partial charge on any atom is 0.319 e. The summed E-state index contributed by atoms with van der Waals surface area (Å²) in [6.07, 6.45) is 9.25. The molecule has 0 spiro atoms. The number of ether oxygens (including phenoxy) is 2. The Bertz CT molecular complexity index is 1250. The molecule has 3 rings (SSSR count). The van der Waals surface area contributed by atoms with E-state index in [4.69, 9.17) is 39.2 Å². The number of nitrogens with one attached hydrogen (secondary N) is 3. The van der Waals surface area contributed by atoms with E-state index in [0.29, 0.717) is 44.1 Å². The van der Waals surface area contributed by atoms with E-state index < -0.39 is 24.0 Å². The molecule has 0 aliphatic heterocycles. The summed E-state index contributed by atoms with van der Waals surface area (Å²) in [6.45, 7) is 6.49. The third-order valence-corrected chi connectivity index (χ3v) is 7.15. The van der Waals surface area contributed by atoms with Gasteiger partial charge in [0, 0.05) is 51.2 Å². The van der Waals surface area contributed by atoms with Gasteiger partial charge in [-0.1, -0.05) is 50.3 Å². The molecular formula is C37H59N3O12. The van der Waals surface area contributed by atoms with Crippen LogP contribution < -0.4 is 16.0 Å². The highest BCUT2D eigenvalue weighted by molar-refractivity contribution is 5.89. The molecule has 0 aromatic heterocycles. The molecule has 1 saturated carbocycles. The van der Waals surface area contributed by atoms with Crippen LogP contribution in [0.2, 0.25) is 0 Å². The van der Waals surface area contributed by atoms with Crippen LogP contribution in [-0.2, 0) is 37.1 Å². The molecule has 2 aromatic rings. The number of amides is 2. The van der Waals surface area contributed by atoms with E-state index in [2.05, 4.69) is 16.0 Å². The third-order valence-electron chi connectivity index (χ3n) is 7.15. The van der Waals surface area contributed by atoms with Crippen molar-refractivity contribution in [1.82, 2.24) is 10.6 Å². The van der Waals surface area contributed by atoms with Crippen LogP contribution >= 0.6 is 0 Å². The van der Waals surface area contributed by atoms with Crippen molar-refractivity contribution in [2.45, 2.75) is 104 Å². The van der Waals surface area contributed by atoms with Crippen molar-refractivity contribution in [2.75, 3.05) is 38.2 Å². The van der Waals surface area contributed by atoms with Crippen molar-refractivity contribution in [3.8, 4) is 5.75 Å². The number of carboxylic acid groups (broad SMARTS) is 3. The fourth-order valence-corrected chi connectivity index (χ4v) is 4.85. The first-order chi connectivity index (χ1) is 24.7. The number of unbranched alkanes of at least 4 members (excludes halogenated alkanes) is 3. The van der Waals surface area contributed by atoms with Crippen LogP contribution in [0.3, 0.4) is 0 Å². The third kappa shape index (κ3) is 28.4. The predicted molar refractivity (Wildman–Crippen MR) is 196 cm³/mol. The molecule has 0 unspecified atom stereocenters. The van der Waals surface area contributed by atoms with Gasteiger partial charge in [0.1, 0.15) is 5.75 Å². The number of carboxylic acids is 3. The van der Waals surface area contributed by atoms with Gasteiger partial charge in [0.2, 0.25) is 0 Å². The lowest BCUT2D eigenvalue weighted by molar-refractivity contribution is -0.135. The monoisotopic (exact) mass is 737 g/mol. The number of carbonyl (C=O) groups excluding carboxylic acids is 1. The summed E-state index contributed by atoms with van der Waals surface area (Å²) in [5.74, 6) is -2.46. The lowest BCUT2D eigenvalue weighted by Crippen LogP contribution is -2.39. The molecule has 1 aliphatic rings. The molecular weight excluding hydrogens is 678 g/mol. The maximum atomic E-state index is 12.3. The van der Waals surface area contributed by atoms with Gasteiger partial charge in [-0.25, -0.2) is 4.79 Å². The number of benzene rings is 2. The average molecular weight is 738 g/mol. The largest absolute Gasteiger partial charge is 0.508 e. The second-order valence-electron chi connectivity index (χ2n) is 12.0. The van der Waals surface area contributed by atoms with Crippen LogP contribution in [0, 0.1) is 0 Å². The predicted octanol–water partition coefficient (Wildman–Crippen LogP) is 5.03. The molecule has 9 N–H and O–H groups in total. The van der Waals surface area contributed by atoms with Crippen molar-refractivity contribution in [3.63, 3.8) is 0 Å². The Morgan fingerprint density at radius 3 is 2.06 bits per heavy atom. The van der Waals surface area contributed by atoms with Crippen LogP contribution in [0.4, 0.5) is 10.5 Å². The van der Waals surface area contributed by atoms with Crippen LogP contribution in [-0.4, -0.2) is 93.5 Å². The zero-order chi connectivity index (χ0) is 39.1. The molecule has 2 aromatic carbocycles. The molecule has 15 nitrogen and oxygen atoms in total. The Kier molecular flexibility index (Phi) is 27.9. The van der Waals surface area contributed by atoms with E-state index in [0.717, 1.165) is 77.1 Å². The molecule has 0 bridgehead atoms. The van der Waals surface area contributed by atoms with E-state index in [1.54, 1.807) is 12.1 Å². The van der Waals surface area contributed by atoms with E-state index in [9.17, 15) is 20.1 Å². The quantitative estimate of drug-likeness (QED) is 0.0913. The Hall–Kier alpha value is -4.28. The second-order valence-corrected chi connectivity index (χ2v) is 12.0. The first-order valence-corrected chi connectivity index (χ1v) is 17.5. The molecule has 1 aliphatic carbocycles. The fourth-order valence-electron chi connectivity index (χ4n) is 4.85. The van der Waals surface area contributed by atoms with Crippen molar-refractivity contribution < 1.29 is 59.3 Å². The van der Waals surface area contributed by atoms with Crippen LogP contribution in [0.5, 0.6) is 5.75 Å². The number of hydrogen-bond acceptors (Lipinski definition) is 10. The van der Waals surface area contributed by atoms with E-state index >= 15 is 0 Å². The summed E-state index contributed by atoms with van der Waals surface area (Å²) >= 11 is 0. The van der Waals surface area contributed by atoms with E-state index in [1.165, 1.54) is 25.3 Å². The van der Waals surface area contributed by atoms with Gasteiger partial charge >= 0.3 is 6.03 Å². The Morgan fingerprint density at radius 1 is 0.808 bits per heavy atom. The van der Waals surface area contributed by atoms with Crippen molar-refractivity contribution >= 4 is 29.6 Å². The maximum absolute atomic E-state index is 12.3. The SMILES string of the molecule is CC(=O)O.CC(=O)O.CC(=O)O.O=C(Nc1cccc(COCCOCCCCCCNC[C@H](O)c2ccc(O)c(CO)c2)c1)NC1CCCCC1. The first kappa shape index (κ1) is 47.7. The summed E-state index contributed by atoms with van der Waals surface area (Å²) in [5.41, 5.74) is 2.87. The number of urea groups is 1. The molecule has 294 valence electrons. The van der Waals surface area contributed by atoms with Gasteiger partial charge in [-0.15, -0.1) is 0 Å². The average Bonchev–Trinajstić information content (AvgIpc) is 3.07. The van der Waals surface area contributed by atoms with Gasteiger partial charge in [0.25, 0.3) is 17.9 Å². The van der Waals surface area contributed by atoms with Crippen molar-refractivity contribution in [3.05, 3.63) is 59.2 Å². The molecule has 0 saturated heterocycles. The van der Waals surface area contributed by atoms with Crippen LogP contribution in [0.25, 0.3) is 0 Å². The molecule has 2 amide bonds. The highest BCUT2D eigenvalue weighted by Gasteiger charge is 2.15. The number of phenols is 1. The van der Waals surface area contributed by atoms with Gasteiger partial charge < -0.3 is 56.1 Å². The smallest absolute Gasteiger partial charge is 0.319 e. The summed E-state index contributed by atoms with van der Waals surface area (Å²) < 4.78 is 11.4. The van der Waals surface area contributed by atoms with Gasteiger partial charge in [-0.05, 0) is 67.6 Å². The summed E-state index contributed by atoms with van der Waals surface area (Å²) in [5, 5.41) is 60.7. The zero-order valence-corrected chi connectivity index (χ0v) is 30.6. The van der Waals surface area contributed by atoms with Crippen LogP contribution in [0.15, 0.2) is 42.5 Å². The standard InChI is InChI=1S/C31H47N3O6.3C2H4O2/c35-22-26-20-25(13-14-29(26)36)30(37)21-32-15-6-1-2-7-16-39-17-18-40-23-24-9-8-12-28(19-24)34-31(38)33-27-10-4-3-5-11-27;3*1-2(3)4/h8-9,12-14,19-20,27,30,32,35-37H,1-7,10-11,15-18,21-23H2,(H2,33,34,38);3*1H3,(H,3,4)/t30-;;;/m0.../s1. The van der Waals surface area contributed by atoms with Crippen molar-refractivity contribution in [2.24, 2.45) is 0 Å². The Morgan fingerprint density at radius 2 is 1.42 bits per heavy atom. The number of carbonyl (C=O) groups is 4. The number of aliphatic hydroxyl groups is 2. The summed E-state index contributed by atoms with van der Waals surface area (Å²) in [7, 11) is 0. The number of aliphatic hydroxyl groups excluding tert-OH is 2. The minimum absolute atomic E-state index is 0.0364. The zero-order valence-electron chi connectivity index (χ0n) is 30.6.